The van der Waals surface area contributed by atoms with Crippen molar-refractivity contribution in [1.82, 2.24) is 5.32 Å². The molecule has 4 nitrogen and oxygen atoms in total. The molecule has 1 aromatic rings. The van der Waals surface area contributed by atoms with Crippen LogP contribution in [0.25, 0.3) is 0 Å². The SMILES string of the molecule is C=C(/C=C\C(CCC)=N/C)/C=N/C(=O)NCc1cc(CC)ccc1Cl. The second kappa shape index (κ2) is 11.4. The summed E-state index contributed by atoms with van der Waals surface area (Å²) < 4.78 is 0. The summed E-state index contributed by atoms with van der Waals surface area (Å²) in [6.07, 6.45) is 8.00. The molecule has 0 atom stereocenters. The first-order valence-corrected chi connectivity index (χ1v) is 8.79. The van der Waals surface area contributed by atoms with E-state index in [0.717, 1.165) is 30.5 Å². The molecule has 0 radical (unpaired) electrons. The van der Waals surface area contributed by atoms with Crippen LogP contribution in [0.1, 0.15) is 37.8 Å². The van der Waals surface area contributed by atoms with Crippen LogP contribution in [-0.2, 0) is 13.0 Å². The molecule has 0 spiro atoms. The van der Waals surface area contributed by atoms with E-state index in [0.29, 0.717) is 17.1 Å². The van der Waals surface area contributed by atoms with Gasteiger partial charge in [0.05, 0.1) is 0 Å². The zero-order valence-corrected chi connectivity index (χ0v) is 15.9. The highest BCUT2D eigenvalue weighted by atomic mass is 35.5. The van der Waals surface area contributed by atoms with Crippen molar-refractivity contribution in [3.8, 4) is 0 Å². The molecule has 0 aliphatic carbocycles. The Morgan fingerprint density at radius 3 is 2.72 bits per heavy atom. The quantitative estimate of drug-likeness (QED) is 0.505. The number of rotatable bonds is 8. The van der Waals surface area contributed by atoms with Crippen LogP contribution in [0.15, 0.2) is 52.5 Å². The number of hydrogen-bond acceptors (Lipinski definition) is 2. The van der Waals surface area contributed by atoms with Crippen molar-refractivity contribution in [3.05, 3.63) is 58.7 Å². The summed E-state index contributed by atoms with van der Waals surface area (Å²) in [6, 6.07) is 5.40. The summed E-state index contributed by atoms with van der Waals surface area (Å²) in [7, 11) is 1.76. The second-order valence-corrected chi connectivity index (χ2v) is 5.98. The third-order valence-electron chi connectivity index (χ3n) is 3.58. The predicted octanol–water partition coefficient (Wildman–Crippen LogP) is 5.17. The number of allylic oxidation sites excluding steroid dienone is 3. The lowest BCUT2D eigenvalue weighted by Crippen LogP contribution is -2.19. The Morgan fingerprint density at radius 1 is 1.32 bits per heavy atom. The third-order valence-corrected chi connectivity index (χ3v) is 3.95. The third kappa shape index (κ3) is 7.94. The van der Waals surface area contributed by atoms with E-state index in [1.165, 1.54) is 11.8 Å². The molecule has 0 bridgehead atoms. The van der Waals surface area contributed by atoms with Crippen LogP contribution in [0.3, 0.4) is 0 Å². The number of urea groups is 1. The number of hydrogen-bond donors (Lipinski definition) is 1. The summed E-state index contributed by atoms with van der Waals surface area (Å²) in [6.45, 7) is 8.37. The highest BCUT2D eigenvalue weighted by Crippen LogP contribution is 2.17. The molecule has 0 saturated heterocycles. The highest BCUT2D eigenvalue weighted by molar-refractivity contribution is 6.31. The lowest BCUT2D eigenvalue weighted by Gasteiger charge is -2.07. The van der Waals surface area contributed by atoms with Gasteiger partial charge in [-0.15, -0.1) is 0 Å². The predicted molar refractivity (Wildman–Crippen MR) is 108 cm³/mol. The highest BCUT2D eigenvalue weighted by Gasteiger charge is 2.03. The molecule has 2 amide bonds. The van der Waals surface area contributed by atoms with Gasteiger partial charge in [-0.25, -0.2) is 9.79 Å². The van der Waals surface area contributed by atoms with Crippen molar-refractivity contribution in [3.63, 3.8) is 0 Å². The first-order chi connectivity index (χ1) is 12.0. The normalized spacial score (nSPS) is 12.1. The van der Waals surface area contributed by atoms with E-state index in [1.54, 1.807) is 13.1 Å². The van der Waals surface area contributed by atoms with E-state index in [4.69, 9.17) is 11.6 Å². The Balaban J connectivity index is 2.55. The first kappa shape index (κ1) is 20.8. The van der Waals surface area contributed by atoms with Crippen LogP contribution in [0, 0.1) is 0 Å². The Labute approximate surface area is 155 Å². The van der Waals surface area contributed by atoms with Crippen LogP contribution in [0.5, 0.6) is 0 Å². The van der Waals surface area contributed by atoms with E-state index >= 15 is 0 Å². The maximum absolute atomic E-state index is 11.8. The molecule has 0 heterocycles. The van der Waals surface area contributed by atoms with Crippen LogP contribution in [0.4, 0.5) is 4.79 Å². The van der Waals surface area contributed by atoms with Gasteiger partial charge in [0.15, 0.2) is 0 Å². The lowest BCUT2D eigenvalue weighted by atomic mass is 10.1. The van der Waals surface area contributed by atoms with Gasteiger partial charge < -0.3 is 5.32 Å². The molecular formula is C20H26ClN3O. The minimum Gasteiger partial charge on any atom is -0.332 e. The van der Waals surface area contributed by atoms with E-state index < -0.39 is 6.03 Å². The van der Waals surface area contributed by atoms with Crippen molar-refractivity contribution in [2.24, 2.45) is 9.98 Å². The van der Waals surface area contributed by atoms with E-state index in [2.05, 4.69) is 35.7 Å². The fourth-order valence-electron chi connectivity index (χ4n) is 2.11. The van der Waals surface area contributed by atoms with Crippen LogP contribution in [-0.4, -0.2) is 25.0 Å². The zero-order valence-electron chi connectivity index (χ0n) is 15.2. The minimum absolute atomic E-state index is 0.342. The van der Waals surface area contributed by atoms with Crippen LogP contribution >= 0.6 is 11.6 Å². The lowest BCUT2D eigenvalue weighted by molar-refractivity contribution is 0.249. The molecule has 0 saturated carbocycles. The van der Waals surface area contributed by atoms with Crippen molar-refractivity contribution in [1.29, 1.82) is 0 Å². The second-order valence-electron chi connectivity index (χ2n) is 5.57. The average Bonchev–Trinajstić information content (AvgIpc) is 2.62. The van der Waals surface area contributed by atoms with Gasteiger partial charge >= 0.3 is 6.03 Å². The molecule has 0 aromatic heterocycles. The average molecular weight is 360 g/mol. The summed E-state index contributed by atoms with van der Waals surface area (Å²) in [4.78, 5) is 19.9. The van der Waals surface area contributed by atoms with Gasteiger partial charge in [-0.3, -0.25) is 4.99 Å². The summed E-state index contributed by atoms with van der Waals surface area (Å²) >= 11 is 6.15. The van der Waals surface area contributed by atoms with Gasteiger partial charge in [-0.05, 0) is 41.7 Å². The Morgan fingerprint density at radius 2 is 2.08 bits per heavy atom. The van der Waals surface area contributed by atoms with Crippen molar-refractivity contribution >= 4 is 29.6 Å². The number of amides is 2. The summed E-state index contributed by atoms with van der Waals surface area (Å²) in [5, 5.41) is 3.37. The fraction of sp³-hybridized carbons (Fsp3) is 0.350. The molecule has 0 aliphatic heterocycles. The molecule has 0 fully saturated rings. The van der Waals surface area contributed by atoms with Gasteiger partial charge in [-0.1, -0.05) is 56.7 Å². The Bertz CT molecular complexity index is 690. The first-order valence-electron chi connectivity index (χ1n) is 8.42. The minimum atomic E-state index is -0.426. The fourth-order valence-corrected chi connectivity index (χ4v) is 2.30. The topological polar surface area (TPSA) is 53.8 Å². The van der Waals surface area contributed by atoms with Gasteiger partial charge in [0.2, 0.25) is 0 Å². The van der Waals surface area contributed by atoms with Crippen LogP contribution < -0.4 is 5.32 Å². The maximum atomic E-state index is 11.8. The monoisotopic (exact) mass is 359 g/mol. The van der Waals surface area contributed by atoms with Crippen molar-refractivity contribution in [2.45, 2.75) is 39.7 Å². The van der Waals surface area contributed by atoms with E-state index in [9.17, 15) is 4.79 Å². The Kier molecular flexibility index (Phi) is 9.48. The standard InChI is InChI=1S/C20H26ClN3O/c1-5-7-18(22-4)10-8-15(3)13-23-20(25)24-14-17-12-16(6-2)9-11-19(17)21/h8-13H,3,5-7,14H2,1-2,4H3,(H,24,25)/b10-8-,22-18-,23-13+. The zero-order chi connectivity index (χ0) is 18.7. The number of aliphatic imine (C=N–C) groups is 2. The maximum Gasteiger partial charge on any atom is 0.341 e. The smallest absolute Gasteiger partial charge is 0.332 e. The van der Waals surface area contributed by atoms with Crippen molar-refractivity contribution < 1.29 is 4.79 Å². The molecular weight excluding hydrogens is 334 g/mol. The number of nitrogens with zero attached hydrogens (tertiary/aromatic N) is 2. The van der Waals surface area contributed by atoms with Crippen LogP contribution in [0.2, 0.25) is 5.02 Å². The van der Waals surface area contributed by atoms with Gasteiger partial charge in [0, 0.05) is 30.5 Å². The number of aryl methyl sites for hydroxylation is 1. The molecule has 0 aliphatic rings. The molecule has 25 heavy (non-hydrogen) atoms. The van der Waals surface area contributed by atoms with Crippen molar-refractivity contribution in [2.75, 3.05) is 7.05 Å². The molecule has 1 rings (SSSR count). The van der Waals surface area contributed by atoms with Gasteiger partial charge in [-0.2, -0.15) is 0 Å². The van der Waals surface area contributed by atoms with Gasteiger partial charge in [0.25, 0.3) is 0 Å². The number of carbonyl (C=O) groups is 1. The molecule has 1 N–H and O–H groups in total. The molecule has 5 heteroatoms. The molecule has 134 valence electrons. The molecule has 0 unspecified atom stereocenters. The van der Waals surface area contributed by atoms with E-state index in [1.807, 2.05) is 24.3 Å². The number of benzene rings is 1. The largest absolute Gasteiger partial charge is 0.341 e. The Hall–Kier alpha value is -2.20. The van der Waals surface area contributed by atoms with Gasteiger partial charge in [0.1, 0.15) is 0 Å². The van der Waals surface area contributed by atoms with E-state index in [-0.39, 0.29) is 0 Å². The summed E-state index contributed by atoms with van der Waals surface area (Å²) in [5.74, 6) is 0. The summed E-state index contributed by atoms with van der Waals surface area (Å²) in [5.41, 5.74) is 3.69. The number of carbonyl (C=O) groups excluding carboxylic acids is 1. The number of nitrogens with one attached hydrogen (secondary N) is 1. The number of halogens is 1. The molecule has 1 aromatic carbocycles.